The number of fused-ring (bicyclic) bond motifs is 1. The molecule has 0 unspecified atom stereocenters. The molecule has 0 radical (unpaired) electrons. The highest BCUT2D eigenvalue weighted by molar-refractivity contribution is 5.48. The highest BCUT2D eigenvalue weighted by Crippen LogP contribution is 2.34. The Bertz CT molecular complexity index is 470. The monoisotopic (exact) mass is 276 g/mol. The van der Waals surface area contributed by atoms with Crippen LogP contribution in [0.15, 0.2) is 12.1 Å². The van der Waals surface area contributed by atoms with Crippen LogP contribution in [0.4, 0.5) is 0 Å². The van der Waals surface area contributed by atoms with Gasteiger partial charge in [0.1, 0.15) is 0 Å². The summed E-state index contributed by atoms with van der Waals surface area (Å²) in [6.45, 7) is 4.51. The normalized spacial score (nSPS) is 20.5. The van der Waals surface area contributed by atoms with Crippen molar-refractivity contribution in [1.82, 2.24) is 10.2 Å². The van der Waals surface area contributed by atoms with Crippen LogP contribution in [0.2, 0.25) is 0 Å². The standard InChI is InChI=1S/C16H24N2O2/c1-19-15-9-12-5-8-18(14-3-6-17-7-4-14)11-13(12)10-16(15)20-2/h9-10,14,17H,3-8,11H2,1-2H3. The van der Waals surface area contributed by atoms with Crippen LogP contribution in [-0.4, -0.2) is 44.8 Å². The Morgan fingerprint density at radius 3 is 2.35 bits per heavy atom. The van der Waals surface area contributed by atoms with E-state index >= 15 is 0 Å². The fourth-order valence-electron chi connectivity index (χ4n) is 3.39. The van der Waals surface area contributed by atoms with Crippen molar-refractivity contribution in [1.29, 1.82) is 0 Å². The summed E-state index contributed by atoms with van der Waals surface area (Å²) < 4.78 is 10.8. The Balaban J connectivity index is 1.79. The predicted molar refractivity (Wildman–Crippen MR) is 79.6 cm³/mol. The fraction of sp³-hybridized carbons (Fsp3) is 0.625. The first-order chi connectivity index (χ1) is 9.81. The first-order valence-electron chi connectivity index (χ1n) is 7.50. The molecule has 1 aromatic rings. The lowest BCUT2D eigenvalue weighted by Crippen LogP contribution is -2.45. The summed E-state index contributed by atoms with van der Waals surface area (Å²) in [4.78, 5) is 2.63. The molecule has 0 amide bonds. The highest BCUT2D eigenvalue weighted by Gasteiger charge is 2.25. The Morgan fingerprint density at radius 2 is 1.70 bits per heavy atom. The lowest BCUT2D eigenvalue weighted by Gasteiger charge is -2.38. The van der Waals surface area contributed by atoms with Gasteiger partial charge in [-0.15, -0.1) is 0 Å². The number of methoxy groups -OCH3 is 2. The highest BCUT2D eigenvalue weighted by atomic mass is 16.5. The second-order valence-electron chi connectivity index (χ2n) is 5.68. The first kappa shape index (κ1) is 13.7. The SMILES string of the molecule is COc1cc2c(cc1OC)CN(C1CCNCC1)CC2. The summed E-state index contributed by atoms with van der Waals surface area (Å²) in [5.41, 5.74) is 2.81. The van der Waals surface area contributed by atoms with Crippen molar-refractivity contribution in [2.24, 2.45) is 0 Å². The summed E-state index contributed by atoms with van der Waals surface area (Å²) in [6, 6.07) is 5.03. The fourth-order valence-corrected chi connectivity index (χ4v) is 3.39. The van der Waals surface area contributed by atoms with Gasteiger partial charge in [-0.05, 0) is 55.6 Å². The zero-order valence-corrected chi connectivity index (χ0v) is 12.4. The van der Waals surface area contributed by atoms with E-state index < -0.39 is 0 Å². The van der Waals surface area contributed by atoms with E-state index in [4.69, 9.17) is 9.47 Å². The zero-order chi connectivity index (χ0) is 13.9. The van der Waals surface area contributed by atoms with E-state index in [0.29, 0.717) is 0 Å². The molecule has 1 fully saturated rings. The first-order valence-corrected chi connectivity index (χ1v) is 7.50. The number of nitrogens with one attached hydrogen (secondary N) is 1. The molecule has 2 aliphatic heterocycles. The van der Waals surface area contributed by atoms with Gasteiger partial charge in [-0.25, -0.2) is 0 Å². The molecular weight excluding hydrogens is 252 g/mol. The van der Waals surface area contributed by atoms with E-state index in [2.05, 4.69) is 22.3 Å². The average molecular weight is 276 g/mol. The smallest absolute Gasteiger partial charge is 0.161 e. The van der Waals surface area contributed by atoms with E-state index in [-0.39, 0.29) is 0 Å². The summed E-state index contributed by atoms with van der Waals surface area (Å²) in [5, 5.41) is 3.44. The third-order valence-corrected chi connectivity index (χ3v) is 4.57. The molecule has 0 aliphatic carbocycles. The Morgan fingerprint density at radius 1 is 1.05 bits per heavy atom. The quantitative estimate of drug-likeness (QED) is 0.913. The topological polar surface area (TPSA) is 33.7 Å². The molecular formula is C16H24N2O2. The third-order valence-electron chi connectivity index (χ3n) is 4.57. The molecule has 110 valence electrons. The van der Waals surface area contributed by atoms with Crippen LogP contribution in [0.5, 0.6) is 11.5 Å². The van der Waals surface area contributed by atoms with Gasteiger partial charge in [0.2, 0.25) is 0 Å². The van der Waals surface area contributed by atoms with Gasteiger partial charge in [-0.2, -0.15) is 0 Å². The number of rotatable bonds is 3. The van der Waals surface area contributed by atoms with Crippen molar-refractivity contribution < 1.29 is 9.47 Å². The Labute approximate surface area is 121 Å². The van der Waals surface area contributed by atoms with Crippen LogP contribution in [0.25, 0.3) is 0 Å². The molecule has 0 bridgehead atoms. The molecule has 20 heavy (non-hydrogen) atoms. The van der Waals surface area contributed by atoms with Crippen LogP contribution in [0.3, 0.4) is 0 Å². The number of hydrogen-bond acceptors (Lipinski definition) is 4. The molecule has 0 aromatic heterocycles. The molecule has 4 nitrogen and oxygen atoms in total. The second-order valence-corrected chi connectivity index (χ2v) is 5.68. The molecule has 0 saturated carbocycles. The maximum atomic E-state index is 5.43. The van der Waals surface area contributed by atoms with Gasteiger partial charge in [-0.3, -0.25) is 4.90 Å². The summed E-state index contributed by atoms with van der Waals surface area (Å²) in [6.07, 6.45) is 3.64. The van der Waals surface area contributed by atoms with E-state index in [1.54, 1.807) is 14.2 Å². The number of ether oxygens (including phenoxy) is 2. The van der Waals surface area contributed by atoms with Crippen LogP contribution >= 0.6 is 0 Å². The number of benzene rings is 1. The number of piperidine rings is 1. The minimum atomic E-state index is 0.734. The van der Waals surface area contributed by atoms with Gasteiger partial charge < -0.3 is 14.8 Å². The van der Waals surface area contributed by atoms with Crippen molar-refractivity contribution in [3.05, 3.63) is 23.3 Å². The molecule has 1 N–H and O–H groups in total. The van der Waals surface area contributed by atoms with Gasteiger partial charge in [0.25, 0.3) is 0 Å². The maximum Gasteiger partial charge on any atom is 0.161 e. The van der Waals surface area contributed by atoms with Crippen molar-refractivity contribution >= 4 is 0 Å². The Kier molecular flexibility index (Phi) is 4.13. The van der Waals surface area contributed by atoms with Gasteiger partial charge >= 0.3 is 0 Å². The minimum absolute atomic E-state index is 0.734. The van der Waals surface area contributed by atoms with Gasteiger partial charge in [0, 0.05) is 19.1 Å². The number of nitrogens with zero attached hydrogens (tertiary/aromatic N) is 1. The van der Waals surface area contributed by atoms with E-state index in [9.17, 15) is 0 Å². The van der Waals surface area contributed by atoms with Crippen LogP contribution < -0.4 is 14.8 Å². The van der Waals surface area contributed by atoms with E-state index in [1.807, 2.05) is 0 Å². The van der Waals surface area contributed by atoms with Crippen LogP contribution in [0.1, 0.15) is 24.0 Å². The van der Waals surface area contributed by atoms with Crippen molar-refractivity contribution in [2.75, 3.05) is 33.9 Å². The van der Waals surface area contributed by atoms with Crippen molar-refractivity contribution in [2.45, 2.75) is 31.8 Å². The average Bonchev–Trinajstić information content (AvgIpc) is 2.53. The van der Waals surface area contributed by atoms with Crippen molar-refractivity contribution in [3.8, 4) is 11.5 Å². The van der Waals surface area contributed by atoms with Gasteiger partial charge in [0.15, 0.2) is 11.5 Å². The third kappa shape index (κ3) is 2.63. The molecule has 0 atom stereocenters. The maximum absolute atomic E-state index is 5.43. The lowest BCUT2D eigenvalue weighted by molar-refractivity contribution is 0.146. The molecule has 1 aromatic carbocycles. The lowest BCUT2D eigenvalue weighted by atomic mass is 9.95. The zero-order valence-electron chi connectivity index (χ0n) is 12.4. The van der Waals surface area contributed by atoms with E-state index in [1.165, 1.54) is 24.0 Å². The Hall–Kier alpha value is -1.26. The predicted octanol–water partition coefficient (Wildman–Crippen LogP) is 1.81. The summed E-state index contributed by atoms with van der Waals surface area (Å²) >= 11 is 0. The minimum Gasteiger partial charge on any atom is -0.493 e. The van der Waals surface area contributed by atoms with Crippen molar-refractivity contribution in [3.63, 3.8) is 0 Å². The largest absolute Gasteiger partial charge is 0.493 e. The van der Waals surface area contributed by atoms with Gasteiger partial charge in [-0.1, -0.05) is 0 Å². The summed E-state index contributed by atoms with van der Waals surface area (Å²) in [7, 11) is 3.41. The molecule has 3 rings (SSSR count). The molecule has 1 saturated heterocycles. The van der Waals surface area contributed by atoms with Crippen LogP contribution in [0, 0.1) is 0 Å². The molecule has 2 heterocycles. The van der Waals surface area contributed by atoms with E-state index in [0.717, 1.165) is 50.1 Å². The molecule has 2 aliphatic rings. The summed E-state index contributed by atoms with van der Waals surface area (Å²) in [5.74, 6) is 1.69. The molecule has 0 spiro atoms. The van der Waals surface area contributed by atoms with Gasteiger partial charge in [0.05, 0.1) is 14.2 Å². The van der Waals surface area contributed by atoms with Crippen LogP contribution in [-0.2, 0) is 13.0 Å². The molecule has 4 heteroatoms. The second kappa shape index (κ2) is 6.02. The number of hydrogen-bond donors (Lipinski definition) is 1.